The molecule has 1 atom stereocenters. The number of rotatable bonds is 5. The lowest BCUT2D eigenvalue weighted by molar-refractivity contribution is 0.143. The van der Waals surface area contributed by atoms with Crippen LogP contribution in [-0.4, -0.2) is 43.4 Å². The first-order chi connectivity index (χ1) is 9.26. The molecule has 2 heterocycles. The molecule has 106 valence electrons. The fourth-order valence-electron chi connectivity index (χ4n) is 2.50. The average Bonchev–Trinajstić information content (AvgIpc) is 2.42. The summed E-state index contributed by atoms with van der Waals surface area (Å²) in [5.74, 6) is 1.78. The van der Waals surface area contributed by atoms with Crippen LogP contribution in [-0.2, 0) is 4.74 Å². The highest BCUT2D eigenvalue weighted by molar-refractivity contribution is 5.67. The number of piperidine rings is 1. The van der Waals surface area contributed by atoms with Crippen LogP contribution in [0.25, 0.3) is 0 Å². The van der Waals surface area contributed by atoms with Crippen LogP contribution in [0, 0.1) is 5.92 Å². The third-order valence-corrected chi connectivity index (χ3v) is 3.33. The van der Waals surface area contributed by atoms with Gasteiger partial charge in [0.05, 0.1) is 13.2 Å². The quantitative estimate of drug-likeness (QED) is 0.866. The third kappa shape index (κ3) is 3.26. The van der Waals surface area contributed by atoms with Crippen LogP contribution in [0.5, 0.6) is 5.88 Å². The zero-order chi connectivity index (χ0) is 13.7. The number of nitrogen functional groups attached to an aromatic ring is 1. The summed E-state index contributed by atoms with van der Waals surface area (Å²) >= 11 is 0. The Morgan fingerprint density at radius 3 is 3.05 bits per heavy atom. The van der Waals surface area contributed by atoms with Crippen molar-refractivity contribution in [3.63, 3.8) is 0 Å². The van der Waals surface area contributed by atoms with E-state index >= 15 is 0 Å². The van der Waals surface area contributed by atoms with Crippen LogP contribution in [0.2, 0.25) is 0 Å². The molecule has 1 saturated heterocycles. The molecular weight excluding hydrogens is 244 g/mol. The van der Waals surface area contributed by atoms with Gasteiger partial charge in [0.25, 0.3) is 0 Å². The Hall–Kier alpha value is -1.56. The molecule has 2 rings (SSSR count). The van der Waals surface area contributed by atoms with Gasteiger partial charge in [-0.3, -0.25) is 0 Å². The molecule has 1 unspecified atom stereocenters. The Bertz CT molecular complexity index is 412. The average molecular weight is 266 g/mol. The first-order valence-electron chi connectivity index (χ1n) is 6.73. The molecule has 6 heteroatoms. The van der Waals surface area contributed by atoms with Crippen LogP contribution in [0.1, 0.15) is 19.8 Å². The topological polar surface area (TPSA) is 73.5 Å². The number of anilines is 2. The van der Waals surface area contributed by atoms with Gasteiger partial charge in [0, 0.05) is 20.2 Å². The molecule has 6 nitrogen and oxygen atoms in total. The highest BCUT2D eigenvalue weighted by Crippen LogP contribution is 2.30. The van der Waals surface area contributed by atoms with E-state index in [-0.39, 0.29) is 0 Å². The summed E-state index contributed by atoms with van der Waals surface area (Å²) in [4.78, 5) is 10.6. The van der Waals surface area contributed by atoms with Crippen molar-refractivity contribution in [2.24, 2.45) is 5.92 Å². The lowest BCUT2D eigenvalue weighted by Crippen LogP contribution is -2.38. The van der Waals surface area contributed by atoms with Crippen LogP contribution in [0.4, 0.5) is 11.5 Å². The molecule has 19 heavy (non-hydrogen) atoms. The fraction of sp³-hybridized carbons (Fsp3) is 0.692. The van der Waals surface area contributed by atoms with Gasteiger partial charge in [0.1, 0.15) is 12.0 Å². The number of hydrogen-bond donors (Lipinski definition) is 1. The van der Waals surface area contributed by atoms with Gasteiger partial charge in [-0.2, -0.15) is 4.98 Å². The van der Waals surface area contributed by atoms with Gasteiger partial charge < -0.3 is 20.1 Å². The predicted octanol–water partition coefficient (Wildman–Crippen LogP) is 1.32. The van der Waals surface area contributed by atoms with Gasteiger partial charge in [0.15, 0.2) is 5.82 Å². The van der Waals surface area contributed by atoms with Crippen molar-refractivity contribution < 1.29 is 9.47 Å². The first-order valence-corrected chi connectivity index (χ1v) is 6.73. The van der Waals surface area contributed by atoms with Crippen molar-refractivity contribution in [3.05, 3.63) is 6.33 Å². The van der Waals surface area contributed by atoms with Crippen molar-refractivity contribution >= 4 is 11.5 Å². The second-order valence-electron chi connectivity index (χ2n) is 4.76. The summed E-state index contributed by atoms with van der Waals surface area (Å²) in [6.07, 6.45) is 3.83. The van der Waals surface area contributed by atoms with E-state index in [1.54, 1.807) is 7.11 Å². The molecule has 0 spiro atoms. The minimum atomic E-state index is 0.473. The fourth-order valence-corrected chi connectivity index (χ4v) is 2.50. The molecule has 1 aliphatic rings. The number of hydrogen-bond acceptors (Lipinski definition) is 6. The van der Waals surface area contributed by atoms with E-state index in [9.17, 15) is 0 Å². The Balaban J connectivity index is 2.14. The number of aromatic nitrogens is 2. The Labute approximate surface area is 113 Å². The second-order valence-corrected chi connectivity index (χ2v) is 4.76. The summed E-state index contributed by atoms with van der Waals surface area (Å²) < 4.78 is 10.7. The molecule has 1 aromatic heterocycles. The van der Waals surface area contributed by atoms with Crippen molar-refractivity contribution in [1.82, 2.24) is 9.97 Å². The Morgan fingerprint density at radius 1 is 1.47 bits per heavy atom. The van der Waals surface area contributed by atoms with E-state index in [2.05, 4.69) is 14.9 Å². The molecule has 0 bridgehead atoms. The molecule has 0 radical (unpaired) electrons. The van der Waals surface area contributed by atoms with E-state index in [0.29, 0.717) is 24.1 Å². The summed E-state index contributed by atoms with van der Waals surface area (Å²) in [7, 11) is 1.74. The normalized spacial score (nSPS) is 19.5. The Morgan fingerprint density at radius 2 is 2.32 bits per heavy atom. The van der Waals surface area contributed by atoms with Gasteiger partial charge in [-0.25, -0.2) is 4.98 Å². The zero-order valence-electron chi connectivity index (χ0n) is 11.6. The largest absolute Gasteiger partial charge is 0.476 e. The maximum absolute atomic E-state index is 6.10. The third-order valence-electron chi connectivity index (χ3n) is 3.33. The molecule has 0 aromatic carbocycles. The van der Waals surface area contributed by atoms with E-state index in [1.165, 1.54) is 12.7 Å². The van der Waals surface area contributed by atoms with Crippen molar-refractivity contribution in [3.8, 4) is 5.88 Å². The number of nitrogens with two attached hydrogens (primary N) is 1. The highest BCUT2D eigenvalue weighted by atomic mass is 16.5. The minimum absolute atomic E-state index is 0.473. The SMILES string of the molecule is CCOc1ncnc(N2CCCC(COC)C2)c1N. The zero-order valence-corrected chi connectivity index (χ0v) is 11.6. The molecular formula is C13H22N4O2. The van der Waals surface area contributed by atoms with Crippen molar-refractivity contribution in [1.29, 1.82) is 0 Å². The van der Waals surface area contributed by atoms with Crippen LogP contribution in [0.15, 0.2) is 6.33 Å². The van der Waals surface area contributed by atoms with Gasteiger partial charge >= 0.3 is 0 Å². The number of ether oxygens (including phenoxy) is 2. The maximum Gasteiger partial charge on any atom is 0.242 e. The number of nitrogens with zero attached hydrogens (tertiary/aromatic N) is 3. The lowest BCUT2D eigenvalue weighted by atomic mass is 9.99. The highest BCUT2D eigenvalue weighted by Gasteiger charge is 2.23. The monoisotopic (exact) mass is 266 g/mol. The van der Waals surface area contributed by atoms with E-state index in [0.717, 1.165) is 31.9 Å². The summed E-state index contributed by atoms with van der Waals surface area (Å²) in [5, 5.41) is 0. The van der Waals surface area contributed by atoms with E-state index < -0.39 is 0 Å². The summed E-state index contributed by atoms with van der Waals surface area (Å²) in [6, 6.07) is 0. The van der Waals surface area contributed by atoms with Gasteiger partial charge in [0.2, 0.25) is 5.88 Å². The standard InChI is InChI=1S/C13H22N4O2/c1-3-19-13-11(14)12(15-9-16-13)17-6-4-5-10(7-17)8-18-2/h9-10H,3-8,14H2,1-2H3. The number of methoxy groups -OCH3 is 1. The molecule has 0 aliphatic carbocycles. The molecule has 2 N–H and O–H groups in total. The van der Waals surface area contributed by atoms with E-state index in [1.807, 2.05) is 6.92 Å². The smallest absolute Gasteiger partial charge is 0.242 e. The molecule has 1 fully saturated rings. The van der Waals surface area contributed by atoms with Crippen molar-refractivity contribution in [2.45, 2.75) is 19.8 Å². The van der Waals surface area contributed by atoms with Crippen molar-refractivity contribution in [2.75, 3.05) is 44.0 Å². The van der Waals surface area contributed by atoms with Gasteiger partial charge in [-0.1, -0.05) is 0 Å². The van der Waals surface area contributed by atoms with Crippen LogP contribution >= 0.6 is 0 Å². The van der Waals surface area contributed by atoms with E-state index in [4.69, 9.17) is 15.2 Å². The van der Waals surface area contributed by atoms with Gasteiger partial charge in [-0.05, 0) is 25.7 Å². The first kappa shape index (κ1) is 13.9. The Kier molecular flexibility index (Phi) is 4.79. The predicted molar refractivity (Wildman–Crippen MR) is 74.4 cm³/mol. The molecule has 1 aromatic rings. The van der Waals surface area contributed by atoms with Crippen LogP contribution < -0.4 is 15.4 Å². The maximum atomic E-state index is 6.10. The molecule has 0 amide bonds. The van der Waals surface area contributed by atoms with Crippen LogP contribution in [0.3, 0.4) is 0 Å². The van der Waals surface area contributed by atoms with Gasteiger partial charge in [-0.15, -0.1) is 0 Å². The lowest BCUT2D eigenvalue weighted by Gasteiger charge is -2.33. The minimum Gasteiger partial charge on any atom is -0.476 e. The molecule has 0 saturated carbocycles. The molecule has 1 aliphatic heterocycles. The second kappa shape index (κ2) is 6.56. The summed E-state index contributed by atoms with van der Waals surface area (Å²) in [5.41, 5.74) is 6.63. The summed E-state index contributed by atoms with van der Waals surface area (Å²) in [6.45, 7) is 5.12.